The van der Waals surface area contributed by atoms with Gasteiger partial charge in [-0.1, -0.05) is 13.8 Å². The Morgan fingerprint density at radius 3 is 2.85 bits per heavy atom. The van der Waals surface area contributed by atoms with Gasteiger partial charge in [0.15, 0.2) is 0 Å². The van der Waals surface area contributed by atoms with Crippen molar-refractivity contribution in [3.63, 3.8) is 0 Å². The number of nitriles is 1. The number of nitrogens with zero attached hydrogens (tertiary/aromatic N) is 2. The predicted molar refractivity (Wildman–Crippen MR) is 53.0 cm³/mol. The molecule has 3 nitrogen and oxygen atoms in total. The van der Waals surface area contributed by atoms with E-state index in [1.165, 1.54) is 12.8 Å². The second-order valence-electron chi connectivity index (χ2n) is 4.18. The summed E-state index contributed by atoms with van der Waals surface area (Å²) >= 11 is 0. The number of hydrogen-bond acceptors (Lipinski definition) is 3. The molecule has 0 aromatic rings. The van der Waals surface area contributed by atoms with E-state index in [4.69, 9.17) is 11.0 Å². The zero-order chi connectivity index (χ0) is 9.84. The number of likely N-dealkylation sites (tertiary alicyclic amines) is 1. The van der Waals surface area contributed by atoms with Crippen molar-refractivity contribution in [3.05, 3.63) is 0 Å². The molecule has 0 radical (unpaired) electrons. The molecule has 1 aliphatic rings. The minimum atomic E-state index is -0.320. The van der Waals surface area contributed by atoms with Gasteiger partial charge >= 0.3 is 0 Å². The molecule has 13 heavy (non-hydrogen) atoms. The summed E-state index contributed by atoms with van der Waals surface area (Å²) in [4.78, 5) is 2.36. The zero-order valence-electron chi connectivity index (χ0n) is 8.53. The molecule has 0 bridgehead atoms. The Labute approximate surface area is 80.5 Å². The van der Waals surface area contributed by atoms with Crippen LogP contribution < -0.4 is 5.73 Å². The fourth-order valence-electron chi connectivity index (χ4n) is 2.13. The van der Waals surface area contributed by atoms with Gasteiger partial charge < -0.3 is 5.73 Å². The first-order valence-electron chi connectivity index (χ1n) is 5.04. The van der Waals surface area contributed by atoms with Crippen molar-refractivity contribution in [2.75, 3.05) is 13.1 Å². The number of nitrogens with two attached hydrogens (primary N) is 1. The molecule has 1 aliphatic heterocycles. The molecule has 0 spiro atoms. The summed E-state index contributed by atoms with van der Waals surface area (Å²) in [6, 6.07) is 2.41. The van der Waals surface area contributed by atoms with Gasteiger partial charge in [-0.2, -0.15) is 5.26 Å². The first-order valence-corrected chi connectivity index (χ1v) is 5.04. The van der Waals surface area contributed by atoms with Crippen LogP contribution in [0.2, 0.25) is 0 Å². The average Bonchev–Trinajstić information content (AvgIpc) is 2.52. The highest BCUT2D eigenvalue weighted by atomic mass is 15.2. The molecule has 1 saturated heterocycles. The van der Waals surface area contributed by atoms with Gasteiger partial charge in [0.1, 0.15) is 6.04 Å². The third-order valence-electron chi connectivity index (χ3n) is 2.78. The van der Waals surface area contributed by atoms with E-state index in [2.05, 4.69) is 24.8 Å². The quantitative estimate of drug-likeness (QED) is 0.705. The van der Waals surface area contributed by atoms with E-state index in [-0.39, 0.29) is 6.04 Å². The van der Waals surface area contributed by atoms with E-state index in [9.17, 15) is 0 Å². The highest BCUT2D eigenvalue weighted by Gasteiger charge is 2.27. The maximum atomic E-state index is 8.62. The first-order chi connectivity index (χ1) is 6.15. The molecular weight excluding hydrogens is 162 g/mol. The molecule has 0 amide bonds. The summed E-state index contributed by atoms with van der Waals surface area (Å²) in [5.41, 5.74) is 5.61. The minimum absolute atomic E-state index is 0.320. The van der Waals surface area contributed by atoms with Crippen LogP contribution in [-0.2, 0) is 0 Å². The van der Waals surface area contributed by atoms with Gasteiger partial charge in [0, 0.05) is 12.6 Å². The van der Waals surface area contributed by atoms with E-state index < -0.39 is 0 Å². The summed E-state index contributed by atoms with van der Waals surface area (Å²) in [7, 11) is 0. The highest BCUT2D eigenvalue weighted by molar-refractivity contribution is 4.92. The minimum Gasteiger partial charge on any atom is -0.315 e. The number of hydrogen-bond donors (Lipinski definition) is 1. The Bertz CT molecular complexity index is 195. The maximum Gasteiger partial charge on any atom is 0.106 e. The molecule has 1 rings (SSSR count). The van der Waals surface area contributed by atoms with Crippen molar-refractivity contribution in [2.24, 2.45) is 11.7 Å². The molecule has 74 valence electrons. The van der Waals surface area contributed by atoms with Crippen LogP contribution >= 0.6 is 0 Å². The van der Waals surface area contributed by atoms with Gasteiger partial charge in [0.25, 0.3) is 0 Å². The topological polar surface area (TPSA) is 53.0 Å². The fourth-order valence-corrected chi connectivity index (χ4v) is 2.13. The monoisotopic (exact) mass is 181 g/mol. The number of rotatable bonds is 3. The van der Waals surface area contributed by atoms with Crippen LogP contribution in [0, 0.1) is 17.2 Å². The van der Waals surface area contributed by atoms with Crippen molar-refractivity contribution >= 4 is 0 Å². The fraction of sp³-hybridized carbons (Fsp3) is 0.900. The Balaban J connectivity index is 2.45. The van der Waals surface area contributed by atoms with Crippen LogP contribution in [0.5, 0.6) is 0 Å². The van der Waals surface area contributed by atoms with Crippen molar-refractivity contribution in [2.45, 2.75) is 38.8 Å². The average molecular weight is 181 g/mol. The van der Waals surface area contributed by atoms with E-state index in [1.807, 2.05) is 0 Å². The molecule has 0 aliphatic carbocycles. The van der Waals surface area contributed by atoms with E-state index in [0.29, 0.717) is 12.0 Å². The van der Waals surface area contributed by atoms with E-state index in [0.717, 1.165) is 13.1 Å². The van der Waals surface area contributed by atoms with Gasteiger partial charge in [-0.15, -0.1) is 0 Å². The Kier molecular flexibility index (Phi) is 3.71. The molecular formula is C10H19N3. The van der Waals surface area contributed by atoms with Crippen LogP contribution in [0.4, 0.5) is 0 Å². The summed E-state index contributed by atoms with van der Waals surface area (Å²) in [6.45, 7) is 6.32. The SMILES string of the molecule is CC(C)C1CCCN1CC(N)C#N. The Morgan fingerprint density at radius 1 is 1.62 bits per heavy atom. The van der Waals surface area contributed by atoms with Gasteiger partial charge in [-0.25, -0.2) is 0 Å². The van der Waals surface area contributed by atoms with Crippen LogP contribution in [0.1, 0.15) is 26.7 Å². The van der Waals surface area contributed by atoms with Crippen LogP contribution in [0.25, 0.3) is 0 Å². The lowest BCUT2D eigenvalue weighted by molar-refractivity contribution is 0.204. The lowest BCUT2D eigenvalue weighted by Crippen LogP contribution is -2.41. The summed E-state index contributed by atoms with van der Waals surface area (Å²) in [5, 5.41) is 8.62. The lowest BCUT2D eigenvalue weighted by Gasteiger charge is -2.27. The molecule has 0 aromatic heterocycles. The third-order valence-corrected chi connectivity index (χ3v) is 2.78. The van der Waals surface area contributed by atoms with Crippen LogP contribution in [0.15, 0.2) is 0 Å². The highest BCUT2D eigenvalue weighted by Crippen LogP contribution is 2.23. The van der Waals surface area contributed by atoms with Crippen molar-refractivity contribution in [1.29, 1.82) is 5.26 Å². The third kappa shape index (κ3) is 2.68. The Morgan fingerprint density at radius 2 is 2.31 bits per heavy atom. The summed E-state index contributed by atoms with van der Waals surface area (Å²) in [5.74, 6) is 0.674. The molecule has 0 aromatic carbocycles. The van der Waals surface area contributed by atoms with Gasteiger partial charge in [-0.05, 0) is 25.3 Å². The van der Waals surface area contributed by atoms with Gasteiger partial charge in [-0.3, -0.25) is 4.90 Å². The van der Waals surface area contributed by atoms with Crippen molar-refractivity contribution < 1.29 is 0 Å². The largest absolute Gasteiger partial charge is 0.315 e. The summed E-state index contributed by atoms with van der Waals surface area (Å²) in [6.07, 6.45) is 2.51. The van der Waals surface area contributed by atoms with Gasteiger partial charge in [0.2, 0.25) is 0 Å². The second-order valence-corrected chi connectivity index (χ2v) is 4.18. The molecule has 2 N–H and O–H groups in total. The molecule has 1 heterocycles. The lowest BCUT2D eigenvalue weighted by atomic mass is 10.0. The summed E-state index contributed by atoms with van der Waals surface area (Å²) < 4.78 is 0. The van der Waals surface area contributed by atoms with Crippen LogP contribution in [0.3, 0.4) is 0 Å². The van der Waals surface area contributed by atoms with Crippen LogP contribution in [-0.4, -0.2) is 30.1 Å². The van der Waals surface area contributed by atoms with E-state index in [1.54, 1.807) is 0 Å². The molecule has 1 fully saturated rings. The second kappa shape index (κ2) is 4.59. The zero-order valence-corrected chi connectivity index (χ0v) is 8.53. The molecule has 0 saturated carbocycles. The normalized spacial score (nSPS) is 26.2. The standard InChI is InChI=1S/C10H19N3/c1-8(2)10-4-3-5-13(10)7-9(12)6-11/h8-10H,3-5,7,12H2,1-2H3. The maximum absolute atomic E-state index is 8.62. The first kappa shape index (κ1) is 10.5. The molecule has 2 atom stereocenters. The smallest absolute Gasteiger partial charge is 0.106 e. The van der Waals surface area contributed by atoms with E-state index >= 15 is 0 Å². The Hall–Kier alpha value is -0.590. The molecule has 3 heteroatoms. The van der Waals surface area contributed by atoms with Gasteiger partial charge in [0.05, 0.1) is 6.07 Å². The molecule has 2 unspecified atom stereocenters. The van der Waals surface area contributed by atoms with Crippen molar-refractivity contribution in [1.82, 2.24) is 4.90 Å². The predicted octanol–water partition coefficient (Wildman–Crippen LogP) is 0.958. The van der Waals surface area contributed by atoms with Crippen molar-refractivity contribution in [3.8, 4) is 6.07 Å².